The van der Waals surface area contributed by atoms with Crippen LogP contribution in [-0.2, 0) is 16.6 Å². The maximum absolute atomic E-state index is 12.7. The molecule has 0 spiro atoms. The van der Waals surface area contributed by atoms with Crippen molar-refractivity contribution in [1.82, 2.24) is 30.3 Å². The molecule has 11 heteroatoms. The van der Waals surface area contributed by atoms with Crippen molar-refractivity contribution in [3.63, 3.8) is 0 Å². The van der Waals surface area contributed by atoms with Gasteiger partial charge < -0.3 is 15.2 Å². The highest BCUT2D eigenvalue weighted by Gasteiger charge is 2.39. The number of rotatable bonds is 9. The predicted molar refractivity (Wildman–Crippen MR) is 195 cm³/mol. The fraction of sp³-hybridized carbons (Fsp3) is 0.475. The average Bonchev–Trinajstić information content (AvgIpc) is 3.44. The molecule has 2 unspecified atom stereocenters. The molecule has 268 valence electrons. The highest BCUT2D eigenvalue weighted by atomic mass is 16.5. The highest BCUT2D eigenvalue weighted by molar-refractivity contribution is 6.02. The number of nitrogens with one attached hydrogen (secondary N) is 2. The minimum atomic E-state index is -1.04. The van der Waals surface area contributed by atoms with E-state index >= 15 is 0 Å². The molecule has 2 aromatic heterocycles. The molecule has 2 aromatic carbocycles. The van der Waals surface area contributed by atoms with Gasteiger partial charge in [-0.15, -0.1) is 0 Å². The highest BCUT2D eigenvalue weighted by Crippen LogP contribution is 2.38. The first-order valence-electron chi connectivity index (χ1n) is 18.4. The number of aromatic carboxylic acids is 1. The minimum Gasteiger partial charge on any atom is -0.490 e. The summed E-state index contributed by atoms with van der Waals surface area (Å²) in [6.07, 6.45) is 7.82. The second-order valence-corrected chi connectivity index (χ2v) is 14.5. The van der Waals surface area contributed by atoms with E-state index in [1.807, 2.05) is 36.9 Å². The summed E-state index contributed by atoms with van der Waals surface area (Å²) in [5, 5.41) is 21.6. The molecule has 3 aliphatic rings. The zero-order valence-electron chi connectivity index (χ0n) is 29.9. The number of piperazine rings is 1. The van der Waals surface area contributed by atoms with Gasteiger partial charge in [-0.05, 0) is 99.2 Å². The van der Waals surface area contributed by atoms with Gasteiger partial charge >= 0.3 is 5.97 Å². The van der Waals surface area contributed by atoms with Crippen molar-refractivity contribution >= 4 is 28.7 Å². The Kier molecular flexibility index (Phi) is 9.94. The molecule has 1 saturated carbocycles. The normalized spacial score (nSPS) is 25.1. The third-order valence-corrected chi connectivity index (χ3v) is 11.4. The van der Waals surface area contributed by atoms with Crippen LogP contribution in [0.3, 0.4) is 0 Å². The largest absolute Gasteiger partial charge is 0.490 e. The van der Waals surface area contributed by atoms with Crippen molar-refractivity contribution < 1.29 is 24.2 Å². The third kappa shape index (κ3) is 6.89. The number of aromatic nitrogens is 3. The number of hydrogen-bond acceptors (Lipinski definition) is 8. The van der Waals surface area contributed by atoms with E-state index in [2.05, 4.69) is 52.6 Å². The summed E-state index contributed by atoms with van der Waals surface area (Å²) in [5.74, 6) is -0.612. The average molecular weight is 693 g/mol. The van der Waals surface area contributed by atoms with E-state index in [9.17, 15) is 19.5 Å². The number of aryl methyl sites for hydroxylation is 2. The number of ether oxygens (including phenoxy) is 1. The number of piperidine rings is 1. The lowest BCUT2D eigenvalue weighted by Gasteiger charge is -2.48. The number of carbonyl (C=O) groups excluding carboxylic acids is 2. The molecule has 2 saturated heterocycles. The van der Waals surface area contributed by atoms with Gasteiger partial charge in [0.15, 0.2) is 5.69 Å². The lowest BCUT2D eigenvalue weighted by Crippen LogP contribution is -2.57. The van der Waals surface area contributed by atoms with Crippen LogP contribution >= 0.6 is 0 Å². The summed E-state index contributed by atoms with van der Waals surface area (Å²) in [7, 11) is 1.92. The molecular formula is C40H48N6O5. The lowest BCUT2D eigenvalue weighted by molar-refractivity contribution is -0.134. The van der Waals surface area contributed by atoms with Crippen LogP contribution in [0, 0.1) is 12.8 Å². The van der Waals surface area contributed by atoms with E-state index in [0.29, 0.717) is 30.4 Å². The van der Waals surface area contributed by atoms with Crippen molar-refractivity contribution in [2.45, 2.75) is 95.9 Å². The van der Waals surface area contributed by atoms with Crippen LogP contribution in [0.1, 0.15) is 98.1 Å². The summed E-state index contributed by atoms with van der Waals surface area (Å²) in [4.78, 5) is 43.0. The van der Waals surface area contributed by atoms with Crippen LogP contribution in [0.4, 0.5) is 0 Å². The van der Waals surface area contributed by atoms with Gasteiger partial charge in [0.25, 0.3) is 0 Å². The third-order valence-electron chi connectivity index (χ3n) is 11.4. The Labute approximate surface area is 298 Å². The Morgan fingerprint density at radius 2 is 1.94 bits per heavy atom. The van der Waals surface area contributed by atoms with Crippen LogP contribution in [-0.4, -0.2) is 73.8 Å². The first-order valence-corrected chi connectivity index (χ1v) is 18.4. The van der Waals surface area contributed by atoms with Gasteiger partial charge in [-0.25, -0.2) is 9.78 Å². The molecule has 7 rings (SSSR count). The molecule has 3 N–H and O–H groups in total. The first kappa shape index (κ1) is 34.8. The standard InChI is InChI=1S/C40H48N6O5/c1-5-33(25-8-6-9-27(21-25)51-28-12-14-29(23(2)20-28)30-10-7-17-41-38(30)40(49)50)46-19-18-42-36(24(46)3)26-11-13-31-34(22-26)45(4)44-37(31)32-15-16-35(47)43-39(32)48/h7,10-14,17,20,22,24-25,27,32-33,36,42H,5-6,8-9,15-16,18-19,21H2,1-4H3,(H,49,50)(H,43,47,48)/t24-,25?,27?,32-,33-,36+/m0/s1. The van der Waals surface area contributed by atoms with Gasteiger partial charge in [-0.3, -0.25) is 24.5 Å². The van der Waals surface area contributed by atoms with Crippen LogP contribution in [0.5, 0.6) is 5.75 Å². The Balaban J connectivity index is 1.05. The summed E-state index contributed by atoms with van der Waals surface area (Å²) in [6.45, 7) is 8.52. The van der Waals surface area contributed by atoms with Crippen LogP contribution in [0.15, 0.2) is 54.7 Å². The zero-order chi connectivity index (χ0) is 35.8. The van der Waals surface area contributed by atoms with Gasteiger partial charge in [0, 0.05) is 61.8 Å². The van der Waals surface area contributed by atoms with E-state index in [1.54, 1.807) is 12.1 Å². The van der Waals surface area contributed by atoms with E-state index in [1.165, 1.54) is 18.2 Å². The monoisotopic (exact) mass is 692 g/mol. The van der Waals surface area contributed by atoms with Crippen molar-refractivity contribution in [2.75, 3.05) is 13.1 Å². The Hall–Kier alpha value is -4.61. The lowest BCUT2D eigenvalue weighted by atomic mass is 9.79. The molecule has 6 atom stereocenters. The summed E-state index contributed by atoms with van der Waals surface area (Å²) < 4.78 is 8.49. The molecule has 2 amide bonds. The van der Waals surface area contributed by atoms with Crippen LogP contribution in [0.2, 0.25) is 0 Å². The van der Waals surface area contributed by atoms with Crippen molar-refractivity contribution in [3.8, 4) is 16.9 Å². The molecular weight excluding hydrogens is 644 g/mol. The Morgan fingerprint density at radius 1 is 1.10 bits per heavy atom. The summed E-state index contributed by atoms with van der Waals surface area (Å²) >= 11 is 0. The number of carbonyl (C=O) groups is 3. The molecule has 1 aliphatic carbocycles. The summed E-state index contributed by atoms with van der Waals surface area (Å²) in [5.41, 5.74) is 5.40. The van der Waals surface area contributed by atoms with E-state index in [-0.39, 0.29) is 35.7 Å². The maximum Gasteiger partial charge on any atom is 0.355 e. The van der Waals surface area contributed by atoms with Crippen LogP contribution in [0.25, 0.3) is 22.0 Å². The van der Waals surface area contributed by atoms with Gasteiger partial charge in [-0.2, -0.15) is 5.10 Å². The molecule has 51 heavy (non-hydrogen) atoms. The smallest absolute Gasteiger partial charge is 0.355 e. The molecule has 0 bridgehead atoms. The maximum atomic E-state index is 12.7. The van der Waals surface area contributed by atoms with Gasteiger partial charge in [0.1, 0.15) is 5.75 Å². The number of benzene rings is 2. The SMILES string of the molecule is CC[C@@H](C1CCCC(Oc2ccc(-c3cccnc3C(=O)O)c(C)c2)C1)N1CCN[C@@H](c2ccc3c([C@@H]4CCC(=O)NC4=O)nn(C)c3c2)[C@@H]1C. The topological polar surface area (TPSA) is 139 Å². The predicted octanol–water partition coefficient (Wildman–Crippen LogP) is 5.91. The number of amides is 2. The fourth-order valence-electron chi connectivity index (χ4n) is 8.96. The number of fused-ring (bicyclic) bond motifs is 1. The zero-order valence-corrected chi connectivity index (χ0v) is 29.9. The van der Waals surface area contributed by atoms with Gasteiger partial charge in [0.05, 0.1) is 23.2 Å². The van der Waals surface area contributed by atoms with Crippen LogP contribution < -0.4 is 15.4 Å². The molecule has 4 heterocycles. The molecule has 3 fully saturated rings. The Morgan fingerprint density at radius 3 is 2.71 bits per heavy atom. The molecule has 2 aliphatic heterocycles. The number of nitrogens with zero attached hydrogens (tertiary/aromatic N) is 4. The number of imide groups is 1. The number of pyridine rings is 1. The molecule has 0 radical (unpaired) electrons. The second-order valence-electron chi connectivity index (χ2n) is 14.5. The number of carboxylic acid groups (broad SMARTS) is 1. The van der Waals surface area contributed by atoms with Gasteiger partial charge in [0.2, 0.25) is 11.8 Å². The second kappa shape index (κ2) is 14.6. The van der Waals surface area contributed by atoms with Crippen molar-refractivity contribution in [2.24, 2.45) is 13.0 Å². The molecule has 11 nitrogen and oxygen atoms in total. The quantitative estimate of drug-likeness (QED) is 0.183. The first-order chi connectivity index (χ1) is 24.6. The van der Waals surface area contributed by atoms with Crippen molar-refractivity contribution in [1.29, 1.82) is 0 Å². The Bertz CT molecular complexity index is 1960. The van der Waals surface area contributed by atoms with E-state index in [4.69, 9.17) is 9.84 Å². The molecule has 4 aromatic rings. The number of hydrogen-bond donors (Lipinski definition) is 3. The fourth-order valence-corrected chi connectivity index (χ4v) is 8.96. The van der Waals surface area contributed by atoms with Gasteiger partial charge in [-0.1, -0.05) is 31.2 Å². The van der Waals surface area contributed by atoms with E-state index in [0.717, 1.165) is 72.2 Å². The minimum absolute atomic E-state index is 0.0517. The number of carboxylic acids is 1. The summed E-state index contributed by atoms with van der Waals surface area (Å²) in [6, 6.07) is 16.8. The van der Waals surface area contributed by atoms with E-state index < -0.39 is 11.9 Å². The van der Waals surface area contributed by atoms with Crippen molar-refractivity contribution in [3.05, 3.63) is 77.2 Å².